The molecule has 3 aromatic rings. The molecule has 0 atom stereocenters. The summed E-state index contributed by atoms with van der Waals surface area (Å²) in [7, 11) is 3.60. The SMILES string of the molecule is COc1ccc2cc(CN(C)C(=O)C[NH+]3CC[NH+](Cc4cccs4)CC3)ccc2c1. The van der Waals surface area contributed by atoms with Crippen molar-refractivity contribution in [3.63, 3.8) is 0 Å². The number of rotatable bonds is 7. The van der Waals surface area contributed by atoms with E-state index in [2.05, 4.69) is 41.8 Å². The van der Waals surface area contributed by atoms with Gasteiger partial charge in [-0.15, -0.1) is 11.3 Å². The molecule has 2 N–H and O–H groups in total. The first-order chi connectivity index (χ1) is 14.6. The minimum Gasteiger partial charge on any atom is -0.497 e. The van der Waals surface area contributed by atoms with E-state index >= 15 is 0 Å². The highest BCUT2D eigenvalue weighted by atomic mass is 32.1. The molecule has 6 heteroatoms. The molecule has 1 aliphatic heterocycles. The summed E-state index contributed by atoms with van der Waals surface area (Å²) in [5, 5.41) is 4.47. The first kappa shape index (κ1) is 20.8. The number of thiophene rings is 1. The van der Waals surface area contributed by atoms with Gasteiger partial charge in [0.15, 0.2) is 6.54 Å². The lowest BCUT2D eigenvalue weighted by molar-refractivity contribution is -1.02. The first-order valence-electron chi connectivity index (χ1n) is 10.6. The highest BCUT2D eigenvalue weighted by Gasteiger charge is 2.26. The number of hydrogen-bond donors (Lipinski definition) is 2. The molecule has 0 radical (unpaired) electrons. The van der Waals surface area contributed by atoms with Crippen molar-refractivity contribution in [2.75, 3.05) is 46.9 Å². The summed E-state index contributed by atoms with van der Waals surface area (Å²) < 4.78 is 5.30. The van der Waals surface area contributed by atoms with Crippen molar-refractivity contribution < 1.29 is 19.3 Å². The number of likely N-dealkylation sites (N-methyl/N-ethyl adjacent to an activating group) is 1. The monoisotopic (exact) mass is 425 g/mol. The standard InChI is InChI=1S/C24H29N3O2S/c1-25(16-19-5-6-21-15-22(29-2)8-7-20(21)14-19)24(28)18-27-11-9-26(10-12-27)17-23-4-3-13-30-23/h3-8,13-15H,9-12,16-18H2,1-2H3/p+2. The van der Waals surface area contributed by atoms with Gasteiger partial charge >= 0.3 is 0 Å². The molecular weight excluding hydrogens is 394 g/mol. The van der Waals surface area contributed by atoms with Crippen LogP contribution in [0.1, 0.15) is 10.4 Å². The van der Waals surface area contributed by atoms with Crippen molar-refractivity contribution >= 4 is 28.0 Å². The highest BCUT2D eigenvalue weighted by molar-refractivity contribution is 7.09. The topological polar surface area (TPSA) is 38.4 Å². The summed E-state index contributed by atoms with van der Waals surface area (Å²) in [5.41, 5.74) is 1.16. The Hall–Kier alpha value is -2.41. The number of hydrogen-bond acceptors (Lipinski definition) is 3. The molecule has 1 fully saturated rings. The van der Waals surface area contributed by atoms with Crippen LogP contribution in [0.25, 0.3) is 10.8 Å². The Morgan fingerprint density at radius 3 is 2.50 bits per heavy atom. The van der Waals surface area contributed by atoms with Gasteiger partial charge in [0.05, 0.1) is 12.0 Å². The Balaban J connectivity index is 1.27. The average molecular weight is 426 g/mol. The van der Waals surface area contributed by atoms with E-state index in [0.717, 1.165) is 49.4 Å². The Morgan fingerprint density at radius 2 is 1.77 bits per heavy atom. The Labute approximate surface area is 182 Å². The molecule has 0 saturated carbocycles. The molecule has 1 amide bonds. The van der Waals surface area contributed by atoms with E-state index in [1.807, 2.05) is 35.4 Å². The molecule has 0 bridgehead atoms. The lowest BCUT2D eigenvalue weighted by atomic mass is 10.1. The molecule has 2 heterocycles. The first-order valence-corrected chi connectivity index (χ1v) is 11.5. The molecule has 1 saturated heterocycles. The van der Waals surface area contributed by atoms with Crippen LogP contribution in [0.3, 0.4) is 0 Å². The molecule has 2 aromatic carbocycles. The number of nitrogens with one attached hydrogen (secondary N) is 2. The van der Waals surface area contributed by atoms with Crippen molar-refractivity contribution in [3.05, 3.63) is 64.4 Å². The summed E-state index contributed by atoms with van der Waals surface area (Å²) in [4.78, 5) is 19.1. The summed E-state index contributed by atoms with van der Waals surface area (Å²) >= 11 is 1.84. The largest absolute Gasteiger partial charge is 0.497 e. The summed E-state index contributed by atoms with van der Waals surface area (Å²) in [6.07, 6.45) is 0. The number of benzene rings is 2. The fraction of sp³-hybridized carbons (Fsp3) is 0.375. The molecule has 4 rings (SSSR count). The van der Waals surface area contributed by atoms with Gasteiger partial charge < -0.3 is 19.4 Å². The maximum atomic E-state index is 12.8. The number of quaternary nitrogens is 2. The zero-order valence-corrected chi connectivity index (χ0v) is 18.6. The summed E-state index contributed by atoms with van der Waals surface area (Å²) in [5.74, 6) is 1.09. The maximum absolute atomic E-state index is 12.8. The third-order valence-corrected chi connectivity index (χ3v) is 6.90. The van der Waals surface area contributed by atoms with Crippen LogP contribution in [0, 0.1) is 0 Å². The second-order valence-electron chi connectivity index (χ2n) is 8.23. The van der Waals surface area contributed by atoms with Crippen LogP contribution in [0.5, 0.6) is 5.75 Å². The van der Waals surface area contributed by atoms with Crippen LogP contribution in [-0.2, 0) is 17.9 Å². The number of fused-ring (bicyclic) bond motifs is 1. The fourth-order valence-corrected chi connectivity index (χ4v) is 4.96. The number of methoxy groups -OCH3 is 1. The van der Waals surface area contributed by atoms with Crippen molar-refractivity contribution in [1.29, 1.82) is 0 Å². The van der Waals surface area contributed by atoms with Crippen molar-refractivity contribution in [3.8, 4) is 5.75 Å². The number of amides is 1. The van der Waals surface area contributed by atoms with Gasteiger partial charge in [-0.3, -0.25) is 4.79 Å². The van der Waals surface area contributed by atoms with Gasteiger partial charge in [0.25, 0.3) is 5.91 Å². The van der Waals surface area contributed by atoms with E-state index in [-0.39, 0.29) is 5.91 Å². The van der Waals surface area contributed by atoms with Crippen molar-refractivity contribution in [1.82, 2.24) is 4.90 Å². The van der Waals surface area contributed by atoms with Crippen LogP contribution in [0.4, 0.5) is 0 Å². The molecule has 158 valence electrons. The van der Waals surface area contributed by atoms with Gasteiger partial charge in [-0.2, -0.15) is 0 Å². The predicted molar refractivity (Wildman–Crippen MR) is 121 cm³/mol. The third-order valence-electron chi connectivity index (χ3n) is 6.03. The van der Waals surface area contributed by atoms with Crippen LogP contribution in [-0.4, -0.2) is 57.7 Å². The van der Waals surface area contributed by atoms with Crippen LogP contribution < -0.4 is 14.5 Å². The number of carbonyl (C=O) groups excluding carboxylic acids is 1. The Morgan fingerprint density at radius 1 is 1.03 bits per heavy atom. The number of ether oxygens (including phenoxy) is 1. The van der Waals surface area contributed by atoms with E-state index in [0.29, 0.717) is 13.1 Å². The molecule has 0 aliphatic carbocycles. The molecule has 0 unspecified atom stereocenters. The lowest BCUT2D eigenvalue weighted by Crippen LogP contribution is -3.28. The van der Waals surface area contributed by atoms with E-state index in [9.17, 15) is 4.79 Å². The number of piperazine rings is 1. The molecule has 1 aliphatic rings. The summed E-state index contributed by atoms with van der Waals surface area (Å²) in [6, 6.07) is 16.8. The summed E-state index contributed by atoms with van der Waals surface area (Å²) in [6.45, 7) is 6.76. The normalized spacial score (nSPS) is 19.0. The number of carbonyl (C=O) groups is 1. The average Bonchev–Trinajstić information content (AvgIpc) is 3.27. The second-order valence-corrected chi connectivity index (χ2v) is 9.26. The van der Waals surface area contributed by atoms with Gasteiger partial charge in [0.2, 0.25) is 0 Å². The Bertz CT molecular complexity index is 981. The van der Waals surface area contributed by atoms with Gasteiger partial charge in [-0.1, -0.05) is 24.3 Å². The molecule has 5 nitrogen and oxygen atoms in total. The Kier molecular flexibility index (Phi) is 6.67. The lowest BCUT2D eigenvalue weighted by Gasteiger charge is -2.30. The molecule has 30 heavy (non-hydrogen) atoms. The van der Waals surface area contributed by atoms with Gasteiger partial charge in [-0.25, -0.2) is 0 Å². The zero-order chi connectivity index (χ0) is 20.9. The molecule has 0 spiro atoms. The minimum atomic E-state index is 0.224. The predicted octanol–water partition coefficient (Wildman–Crippen LogP) is 0.852. The highest BCUT2D eigenvalue weighted by Crippen LogP contribution is 2.22. The van der Waals surface area contributed by atoms with Gasteiger partial charge in [0.1, 0.15) is 38.5 Å². The van der Waals surface area contributed by atoms with E-state index < -0.39 is 0 Å². The smallest absolute Gasteiger partial charge is 0.277 e. The van der Waals surface area contributed by atoms with Crippen LogP contribution in [0.15, 0.2) is 53.9 Å². The van der Waals surface area contributed by atoms with Crippen molar-refractivity contribution in [2.24, 2.45) is 0 Å². The molecular formula is C24H31N3O2S+2. The van der Waals surface area contributed by atoms with Gasteiger partial charge in [-0.05, 0) is 46.0 Å². The minimum absolute atomic E-state index is 0.224. The van der Waals surface area contributed by atoms with Gasteiger partial charge in [0, 0.05) is 13.6 Å². The van der Waals surface area contributed by atoms with E-state index in [1.54, 1.807) is 12.0 Å². The quantitative estimate of drug-likeness (QED) is 0.589. The van der Waals surface area contributed by atoms with E-state index in [4.69, 9.17) is 4.74 Å². The van der Waals surface area contributed by atoms with Crippen LogP contribution in [0.2, 0.25) is 0 Å². The third kappa shape index (κ3) is 5.19. The second kappa shape index (κ2) is 9.60. The van der Waals surface area contributed by atoms with E-state index in [1.165, 1.54) is 15.2 Å². The fourth-order valence-electron chi connectivity index (χ4n) is 4.18. The van der Waals surface area contributed by atoms with Crippen molar-refractivity contribution in [2.45, 2.75) is 13.1 Å². The molecule has 1 aromatic heterocycles. The number of nitrogens with zero attached hydrogens (tertiary/aromatic N) is 1. The maximum Gasteiger partial charge on any atom is 0.277 e. The zero-order valence-electron chi connectivity index (χ0n) is 17.8. The van der Waals surface area contributed by atoms with Crippen LogP contribution >= 0.6 is 11.3 Å².